The Balaban J connectivity index is 2.30. The predicted octanol–water partition coefficient (Wildman–Crippen LogP) is 1.59. The molecule has 0 atom stereocenters. The summed E-state index contributed by atoms with van der Waals surface area (Å²) in [6.45, 7) is 0.0231. The summed E-state index contributed by atoms with van der Waals surface area (Å²) in [5.41, 5.74) is 0. The fourth-order valence-corrected chi connectivity index (χ4v) is 3.64. The van der Waals surface area contributed by atoms with Crippen molar-refractivity contribution in [3.63, 3.8) is 0 Å². The van der Waals surface area contributed by atoms with E-state index in [1.807, 2.05) is 0 Å². The van der Waals surface area contributed by atoms with Gasteiger partial charge >= 0.3 is 0 Å². The lowest BCUT2D eigenvalue weighted by molar-refractivity contribution is 0.250. The van der Waals surface area contributed by atoms with Crippen LogP contribution in [0.25, 0.3) is 0 Å². The zero-order valence-corrected chi connectivity index (χ0v) is 11.6. The summed E-state index contributed by atoms with van der Waals surface area (Å²) < 4.78 is 26.9. The molecule has 0 aliphatic heterocycles. The third-order valence-electron chi connectivity index (χ3n) is 2.69. The SMILES string of the molecule is O=S(=O)(c1ccc(Br)cc1)N(CCO)C1CC1. The van der Waals surface area contributed by atoms with Gasteiger partial charge in [0.2, 0.25) is 10.0 Å². The molecule has 0 heterocycles. The van der Waals surface area contributed by atoms with E-state index in [2.05, 4.69) is 15.9 Å². The summed E-state index contributed by atoms with van der Waals surface area (Å²) >= 11 is 3.27. The topological polar surface area (TPSA) is 57.6 Å². The Kier molecular flexibility index (Phi) is 3.87. The van der Waals surface area contributed by atoms with Crippen LogP contribution < -0.4 is 0 Å². The molecule has 0 saturated heterocycles. The Morgan fingerprint density at radius 1 is 1.29 bits per heavy atom. The molecule has 1 saturated carbocycles. The number of hydrogen-bond acceptors (Lipinski definition) is 3. The molecule has 1 aromatic carbocycles. The third kappa shape index (κ3) is 2.88. The van der Waals surface area contributed by atoms with Crippen molar-refractivity contribution in [3.05, 3.63) is 28.7 Å². The molecular formula is C11H14BrNO3S. The van der Waals surface area contributed by atoms with E-state index in [4.69, 9.17) is 5.11 Å². The average Bonchev–Trinajstić information content (AvgIpc) is 3.10. The van der Waals surface area contributed by atoms with E-state index in [-0.39, 0.29) is 24.1 Å². The number of aliphatic hydroxyl groups excluding tert-OH is 1. The molecule has 4 nitrogen and oxygen atoms in total. The third-order valence-corrected chi connectivity index (χ3v) is 5.19. The molecule has 6 heteroatoms. The van der Waals surface area contributed by atoms with Crippen molar-refractivity contribution < 1.29 is 13.5 Å². The molecule has 1 aliphatic rings. The van der Waals surface area contributed by atoms with Gasteiger partial charge < -0.3 is 5.11 Å². The van der Waals surface area contributed by atoms with Crippen LogP contribution in [0.4, 0.5) is 0 Å². The molecule has 0 spiro atoms. The van der Waals surface area contributed by atoms with Crippen LogP contribution in [0.5, 0.6) is 0 Å². The number of benzene rings is 1. The summed E-state index contributed by atoms with van der Waals surface area (Å²) in [6, 6.07) is 6.63. The van der Waals surface area contributed by atoms with Gasteiger partial charge in [0.1, 0.15) is 0 Å². The maximum absolute atomic E-state index is 12.3. The molecule has 94 valence electrons. The molecule has 0 bridgehead atoms. The fourth-order valence-electron chi connectivity index (χ4n) is 1.70. The van der Waals surface area contributed by atoms with Gasteiger partial charge in [-0.05, 0) is 37.1 Å². The largest absolute Gasteiger partial charge is 0.395 e. The van der Waals surface area contributed by atoms with Crippen molar-refractivity contribution in [2.24, 2.45) is 0 Å². The van der Waals surface area contributed by atoms with Crippen molar-refractivity contribution in [1.82, 2.24) is 4.31 Å². The van der Waals surface area contributed by atoms with E-state index in [1.54, 1.807) is 24.3 Å². The first-order valence-corrected chi connectivity index (χ1v) is 7.67. The van der Waals surface area contributed by atoms with Gasteiger partial charge in [0.05, 0.1) is 11.5 Å². The highest BCUT2D eigenvalue weighted by Crippen LogP contribution is 2.31. The predicted molar refractivity (Wildman–Crippen MR) is 68.1 cm³/mol. The summed E-state index contributed by atoms with van der Waals surface area (Å²) in [7, 11) is -3.46. The first-order chi connectivity index (χ1) is 8.05. The molecule has 0 unspecified atom stereocenters. The van der Waals surface area contributed by atoms with Crippen LogP contribution in [-0.4, -0.2) is 37.0 Å². The Bertz CT molecular complexity index is 482. The average molecular weight is 320 g/mol. The number of rotatable bonds is 5. The monoisotopic (exact) mass is 319 g/mol. The smallest absolute Gasteiger partial charge is 0.243 e. The van der Waals surface area contributed by atoms with Gasteiger partial charge in [-0.3, -0.25) is 0 Å². The normalized spacial score (nSPS) is 16.4. The fraction of sp³-hybridized carbons (Fsp3) is 0.455. The number of halogens is 1. The Morgan fingerprint density at radius 3 is 2.35 bits per heavy atom. The second-order valence-electron chi connectivity index (χ2n) is 4.02. The van der Waals surface area contributed by atoms with Crippen LogP contribution in [0.3, 0.4) is 0 Å². The van der Waals surface area contributed by atoms with E-state index in [0.29, 0.717) is 0 Å². The molecule has 17 heavy (non-hydrogen) atoms. The molecule has 1 N–H and O–H groups in total. The lowest BCUT2D eigenvalue weighted by Gasteiger charge is -2.20. The van der Waals surface area contributed by atoms with Gasteiger partial charge in [-0.1, -0.05) is 15.9 Å². The van der Waals surface area contributed by atoms with Gasteiger partial charge in [-0.25, -0.2) is 8.42 Å². The summed E-state index contributed by atoms with van der Waals surface area (Å²) in [4.78, 5) is 0.279. The molecule has 0 radical (unpaired) electrons. The quantitative estimate of drug-likeness (QED) is 0.896. The molecular weight excluding hydrogens is 306 g/mol. The van der Waals surface area contributed by atoms with Gasteiger partial charge in [-0.15, -0.1) is 0 Å². The maximum Gasteiger partial charge on any atom is 0.243 e. The Labute approximate surface area is 109 Å². The highest BCUT2D eigenvalue weighted by atomic mass is 79.9. The zero-order chi connectivity index (χ0) is 12.5. The van der Waals surface area contributed by atoms with Crippen molar-refractivity contribution in [2.75, 3.05) is 13.2 Å². The minimum atomic E-state index is -3.46. The van der Waals surface area contributed by atoms with Crippen LogP contribution in [0.15, 0.2) is 33.6 Å². The van der Waals surface area contributed by atoms with E-state index in [1.165, 1.54) is 4.31 Å². The summed E-state index contributed by atoms with van der Waals surface area (Å²) in [6.07, 6.45) is 1.77. The van der Waals surface area contributed by atoms with E-state index < -0.39 is 10.0 Å². The number of sulfonamides is 1. The van der Waals surface area contributed by atoms with Crippen molar-refractivity contribution in [2.45, 2.75) is 23.8 Å². The first-order valence-electron chi connectivity index (χ1n) is 5.44. The standard InChI is InChI=1S/C11H14BrNO3S/c12-9-1-5-11(6-2-9)17(15,16)13(7-8-14)10-3-4-10/h1-2,5-6,10,14H,3-4,7-8H2. The van der Waals surface area contributed by atoms with Gasteiger partial charge in [-0.2, -0.15) is 4.31 Å². The van der Waals surface area contributed by atoms with Gasteiger partial charge in [0.25, 0.3) is 0 Å². The molecule has 2 rings (SSSR count). The number of aliphatic hydroxyl groups is 1. The van der Waals surface area contributed by atoms with E-state index in [9.17, 15) is 8.42 Å². The second kappa shape index (κ2) is 5.06. The van der Waals surface area contributed by atoms with Crippen LogP contribution in [0.1, 0.15) is 12.8 Å². The van der Waals surface area contributed by atoms with Crippen LogP contribution in [-0.2, 0) is 10.0 Å². The minimum Gasteiger partial charge on any atom is -0.395 e. The van der Waals surface area contributed by atoms with Crippen LogP contribution in [0, 0.1) is 0 Å². The zero-order valence-electron chi connectivity index (χ0n) is 9.21. The van der Waals surface area contributed by atoms with E-state index >= 15 is 0 Å². The van der Waals surface area contributed by atoms with Gasteiger partial charge in [0, 0.05) is 17.1 Å². The van der Waals surface area contributed by atoms with Crippen molar-refractivity contribution >= 4 is 26.0 Å². The maximum atomic E-state index is 12.3. The van der Waals surface area contributed by atoms with Crippen LogP contribution >= 0.6 is 15.9 Å². The molecule has 0 amide bonds. The summed E-state index contributed by atoms with van der Waals surface area (Å²) in [5.74, 6) is 0. The second-order valence-corrected chi connectivity index (χ2v) is 6.83. The minimum absolute atomic E-state index is 0.0656. The lowest BCUT2D eigenvalue weighted by Crippen LogP contribution is -2.35. The highest BCUT2D eigenvalue weighted by Gasteiger charge is 2.37. The molecule has 1 aromatic rings. The first kappa shape index (κ1) is 13.0. The highest BCUT2D eigenvalue weighted by molar-refractivity contribution is 9.10. The number of nitrogens with zero attached hydrogens (tertiary/aromatic N) is 1. The van der Waals surface area contributed by atoms with Crippen molar-refractivity contribution in [3.8, 4) is 0 Å². The molecule has 0 aromatic heterocycles. The van der Waals surface area contributed by atoms with Gasteiger partial charge in [0.15, 0.2) is 0 Å². The lowest BCUT2D eigenvalue weighted by atomic mass is 10.4. The van der Waals surface area contributed by atoms with E-state index in [0.717, 1.165) is 17.3 Å². The van der Waals surface area contributed by atoms with Crippen molar-refractivity contribution in [1.29, 1.82) is 0 Å². The number of hydrogen-bond donors (Lipinski definition) is 1. The Morgan fingerprint density at radius 2 is 1.88 bits per heavy atom. The summed E-state index contributed by atoms with van der Waals surface area (Å²) in [5, 5.41) is 8.95. The molecule has 1 fully saturated rings. The molecule has 1 aliphatic carbocycles. The van der Waals surface area contributed by atoms with Crippen LogP contribution in [0.2, 0.25) is 0 Å². The Hall–Kier alpha value is -0.430.